The number of carbonyl (C=O) groups is 1. The van der Waals surface area contributed by atoms with Gasteiger partial charge in [-0.15, -0.1) is 0 Å². The summed E-state index contributed by atoms with van der Waals surface area (Å²) in [6.45, 7) is 6.70. The van der Waals surface area contributed by atoms with Crippen molar-refractivity contribution in [2.45, 2.75) is 6.92 Å². The molecule has 0 radical (unpaired) electrons. The lowest BCUT2D eigenvalue weighted by atomic mass is 10.2. The second-order valence-corrected chi connectivity index (χ2v) is 4.41. The van der Waals surface area contributed by atoms with Crippen LogP contribution >= 0.6 is 0 Å². The van der Waals surface area contributed by atoms with Crippen molar-refractivity contribution in [3.63, 3.8) is 0 Å². The van der Waals surface area contributed by atoms with E-state index in [9.17, 15) is 4.79 Å². The SMILES string of the molecule is CCN1CCN(C(=O)c2ccc(NC)cn2)CC1. The van der Waals surface area contributed by atoms with Crippen molar-refractivity contribution in [3.05, 3.63) is 24.0 Å². The third kappa shape index (κ3) is 2.79. The maximum absolute atomic E-state index is 12.2. The molecule has 1 fully saturated rings. The van der Waals surface area contributed by atoms with Crippen LogP contribution in [0.15, 0.2) is 18.3 Å². The highest BCUT2D eigenvalue weighted by molar-refractivity contribution is 5.92. The minimum Gasteiger partial charge on any atom is -0.387 e. The number of amides is 1. The Morgan fingerprint density at radius 3 is 2.56 bits per heavy atom. The fourth-order valence-electron chi connectivity index (χ4n) is 2.10. The Bertz CT molecular complexity index is 396. The molecule has 5 nitrogen and oxygen atoms in total. The number of rotatable bonds is 3. The molecule has 2 rings (SSSR count). The van der Waals surface area contributed by atoms with Crippen molar-refractivity contribution < 1.29 is 4.79 Å². The molecule has 0 atom stereocenters. The summed E-state index contributed by atoms with van der Waals surface area (Å²) in [5.41, 5.74) is 1.45. The van der Waals surface area contributed by atoms with Gasteiger partial charge in [0.1, 0.15) is 5.69 Å². The predicted octanol–water partition coefficient (Wildman–Crippen LogP) is 0.901. The van der Waals surface area contributed by atoms with Crippen molar-refractivity contribution in [2.24, 2.45) is 0 Å². The quantitative estimate of drug-likeness (QED) is 0.863. The third-order valence-electron chi connectivity index (χ3n) is 3.38. The molecule has 0 aliphatic carbocycles. The van der Waals surface area contributed by atoms with Gasteiger partial charge >= 0.3 is 0 Å². The Morgan fingerprint density at radius 2 is 2.06 bits per heavy atom. The normalized spacial score (nSPS) is 16.7. The number of nitrogens with zero attached hydrogens (tertiary/aromatic N) is 3. The van der Waals surface area contributed by atoms with E-state index in [1.165, 1.54) is 0 Å². The van der Waals surface area contributed by atoms with E-state index < -0.39 is 0 Å². The van der Waals surface area contributed by atoms with Crippen LogP contribution in [0, 0.1) is 0 Å². The molecule has 1 saturated heterocycles. The van der Waals surface area contributed by atoms with Gasteiger partial charge in [0.05, 0.1) is 11.9 Å². The number of likely N-dealkylation sites (N-methyl/N-ethyl adjacent to an activating group) is 1. The van der Waals surface area contributed by atoms with Crippen LogP contribution in [-0.4, -0.2) is 60.5 Å². The van der Waals surface area contributed by atoms with Crippen LogP contribution in [0.1, 0.15) is 17.4 Å². The first-order valence-corrected chi connectivity index (χ1v) is 6.40. The van der Waals surface area contributed by atoms with Gasteiger partial charge in [-0.1, -0.05) is 6.92 Å². The molecule has 0 spiro atoms. The molecule has 1 N–H and O–H groups in total. The number of hydrogen-bond donors (Lipinski definition) is 1. The lowest BCUT2D eigenvalue weighted by Gasteiger charge is -2.33. The van der Waals surface area contributed by atoms with Gasteiger partial charge in [-0.25, -0.2) is 4.98 Å². The topological polar surface area (TPSA) is 48.5 Å². The molecule has 1 amide bonds. The smallest absolute Gasteiger partial charge is 0.272 e. The molecule has 1 aliphatic rings. The lowest BCUT2D eigenvalue weighted by molar-refractivity contribution is 0.0637. The van der Waals surface area contributed by atoms with Crippen LogP contribution in [0.2, 0.25) is 0 Å². The number of piperazine rings is 1. The molecule has 2 heterocycles. The highest BCUT2D eigenvalue weighted by Gasteiger charge is 2.21. The predicted molar refractivity (Wildman–Crippen MR) is 71.8 cm³/mol. The Morgan fingerprint density at radius 1 is 1.33 bits per heavy atom. The molecule has 0 unspecified atom stereocenters. The minimum atomic E-state index is 0.0356. The molecule has 5 heteroatoms. The summed E-state index contributed by atoms with van der Waals surface area (Å²) in [5, 5.41) is 2.99. The zero-order valence-electron chi connectivity index (χ0n) is 11.0. The van der Waals surface area contributed by atoms with Gasteiger partial charge in [0.2, 0.25) is 0 Å². The zero-order chi connectivity index (χ0) is 13.0. The standard InChI is InChI=1S/C13H20N4O/c1-3-16-6-8-17(9-7-16)13(18)12-5-4-11(14-2)10-15-12/h4-5,10,14H,3,6-9H2,1-2H3. The van der Waals surface area contributed by atoms with Gasteiger partial charge in [-0.3, -0.25) is 4.79 Å². The van der Waals surface area contributed by atoms with Crippen LogP contribution in [0.5, 0.6) is 0 Å². The summed E-state index contributed by atoms with van der Waals surface area (Å²) in [6.07, 6.45) is 1.69. The molecule has 1 aliphatic heterocycles. The molecule has 0 bridgehead atoms. The van der Waals surface area contributed by atoms with E-state index in [0.717, 1.165) is 38.4 Å². The van der Waals surface area contributed by atoms with E-state index in [0.29, 0.717) is 5.69 Å². The van der Waals surface area contributed by atoms with E-state index >= 15 is 0 Å². The summed E-state index contributed by atoms with van der Waals surface area (Å²) < 4.78 is 0. The molecule has 1 aromatic heterocycles. The first kappa shape index (κ1) is 12.8. The average Bonchev–Trinajstić information content (AvgIpc) is 2.47. The zero-order valence-corrected chi connectivity index (χ0v) is 11.0. The van der Waals surface area contributed by atoms with Crippen LogP contribution in [-0.2, 0) is 0 Å². The van der Waals surface area contributed by atoms with Crippen LogP contribution in [0.4, 0.5) is 5.69 Å². The summed E-state index contributed by atoms with van der Waals surface area (Å²) in [5.74, 6) is 0.0356. The molecule has 0 aromatic carbocycles. The van der Waals surface area contributed by atoms with Gasteiger partial charge in [0, 0.05) is 33.2 Å². The van der Waals surface area contributed by atoms with Crippen LogP contribution in [0.3, 0.4) is 0 Å². The van der Waals surface area contributed by atoms with Crippen molar-refractivity contribution in [2.75, 3.05) is 45.1 Å². The van der Waals surface area contributed by atoms with Crippen molar-refractivity contribution >= 4 is 11.6 Å². The van der Waals surface area contributed by atoms with Crippen molar-refractivity contribution in [1.29, 1.82) is 0 Å². The minimum absolute atomic E-state index is 0.0356. The van der Waals surface area contributed by atoms with E-state index in [1.54, 1.807) is 12.3 Å². The number of anilines is 1. The summed E-state index contributed by atoms with van der Waals surface area (Å²) in [6, 6.07) is 3.66. The molecule has 18 heavy (non-hydrogen) atoms. The fourth-order valence-corrected chi connectivity index (χ4v) is 2.10. The Balaban J connectivity index is 1.98. The number of pyridine rings is 1. The first-order valence-electron chi connectivity index (χ1n) is 6.40. The number of nitrogens with one attached hydrogen (secondary N) is 1. The Labute approximate surface area is 108 Å². The molecular weight excluding hydrogens is 228 g/mol. The lowest BCUT2D eigenvalue weighted by Crippen LogP contribution is -2.48. The highest BCUT2D eigenvalue weighted by atomic mass is 16.2. The van der Waals surface area contributed by atoms with E-state index in [2.05, 4.69) is 22.1 Å². The van der Waals surface area contributed by atoms with E-state index in [4.69, 9.17) is 0 Å². The second-order valence-electron chi connectivity index (χ2n) is 4.41. The van der Waals surface area contributed by atoms with Crippen molar-refractivity contribution in [1.82, 2.24) is 14.8 Å². The maximum atomic E-state index is 12.2. The van der Waals surface area contributed by atoms with Crippen LogP contribution in [0.25, 0.3) is 0 Å². The summed E-state index contributed by atoms with van der Waals surface area (Å²) in [7, 11) is 1.84. The summed E-state index contributed by atoms with van der Waals surface area (Å²) >= 11 is 0. The van der Waals surface area contributed by atoms with Gasteiger partial charge in [-0.05, 0) is 18.7 Å². The number of carbonyl (C=O) groups excluding carboxylic acids is 1. The second kappa shape index (κ2) is 5.82. The Hall–Kier alpha value is -1.62. The van der Waals surface area contributed by atoms with Gasteiger partial charge in [0.25, 0.3) is 5.91 Å². The van der Waals surface area contributed by atoms with E-state index in [-0.39, 0.29) is 5.91 Å². The molecule has 98 valence electrons. The maximum Gasteiger partial charge on any atom is 0.272 e. The monoisotopic (exact) mass is 248 g/mol. The van der Waals surface area contributed by atoms with Crippen molar-refractivity contribution in [3.8, 4) is 0 Å². The molecule has 1 aromatic rings. The van der Waals surface area contributed by atoms with E-state index in [1.807, 2.05) is 18.0 Å². The molecule has 0 saturated carbocycles. The fraction of sp³-hybridized carbons (Fsp3) is 0.538. The third-order valence-corrected chi connectivity index (χ3v) is 3.38. The average molecular weight is 248 g/mol. The van der Waals surface area contributed by atoms with Crippen LogP contribution < -0.4 is 5.32 Å². The van der Waals surface area contributed by atoms with Gasteiger partial charge in [0.15, 0.2) is 0 Å². The largest absolute Gasteiger partial charge is 0.387 e. The highest BCUT2D eigenvalue weighted by Crippen LogP contribution is 2.09. The number of aromatic nitrogens is 1. The molecular formula is C13H20N4O. The first-order chi connectivity index (χ1) is 8.74. The van der Waals surface area contributed by atoms with Gasteiger partial charge in [-0.2, -0.15) is 0 Å². The number of hydrogen-bond acceptors (Lipinski definition) is 4. The van der Waals surface area contributed by atoms with Gasteiger partial charge < -0.3 is 15.1 Å². The summed E-state index contributed by atoms with van der Waals surface area (Å²) in [4.78, 5) is 20.6. The Kier molecular flexibility index (Phi) is 4.15.